The molecule has 0 unspecified atom stereocenters. The minimum atomic E-state index is -0.209. The van der Waals surface area contributed by atoms with E-state index >= 15 is 0 Å². The van der Waals surface area contributed by atoms with Crippen LogP contribution in [0.15, 0.2) is 48.5 Å². The lowest BCUT2D eigenvalue weighted by molar-refractivity contribution is -0.0614. The van der Waals surface area contributed by atoms with Crippen molar-refractivity contribution in [2.75, 3.05) is 33.3 Å². The Morgan fingerprint density at radius 3 is 2.23 bits per heavy atom. The first-order valence-electron chi connectivity index (χ1n) is 9.58. The van der Waals surface area contributed by atoms with Gasteiger partial charge in [0.2, 0.25) is 0 Å². The van der Waals surface area contributed by atoms with E-state index in [0.29, 0.717) is 12.0 Å². The van der Waals surface area contributed by atoms with Gasteiger partial charge in [0.1, 0.15) is 5.82 Å². The lowest BCUT2D eigenvalue weighted by Gasteiger charge is -2.57. The Hall–Kier alpha value is -1.75. The fourth-order valence-electron chi connectivity index (χ4n) is 4.65. The van der Waals surface area contributed by atoms with Crippen LogP contribution < -0.4 is 0 Å². The van der Waals surface area contributed by atoms with Crippen LogP contribution in [0, 0.1) is 5.82 Å². The van der Waals surface area contributed by atoms with E-state index in [1.807, 2.05) is 12.1 Å². The lowest BCUT2D eigenvalue weighted by atomic mass is 9.74. The van der Waals surface area contributed by atoms with Gasteiger partial charge in [-0.05, 0) is 61.8 Å². The summed E-state index contributed by atoms with van der Waals surface area (Å²) < 4.78 is 13.1. The van der Waals surface area contributed by atoms with Crippen LogP contribution in [0.1, 0.15) is 24.3 Å². The van der Waals surface area contributed by atoms with Crippen LogP contribution in [0.2, 0.25) is 0 Å². The van der Waals surface area contributed by atoms with Crippen molar-refractivity contribution < 1.29 is 9.50 Å². The summed E-state index contributed by atoms with van der Waals surface area (Å²) in [5.41, 5.74) is 3.42. The average Bonchev–Trinajstić information content (AvgIpc) is 2.64. The standard InChI is InChI=1S/C22H27FN2O/c1-24-12-2-3-13-25-20(14-24)22(21(25)15-26)18-6-4-16(5-7-18)17-8-10-19(23)11-9-17/h4-11,20-22,26H,2-3,12-15H2,1H3/t20-,21+,22+/m0/s1. The SMILES string of the molecule is CN1CCCCN2[C@H](CO)[C@H](c3ccc(-c4ccc(F)cc4)cc3)[C@@H]2C1. The summed E-state index contributed by atoms with van der Waals surface area (Å²) in [5.74, 6) is 0.168. The van der Waals surface area contributed by atoms with E-state index in [0.717, 1.165) is 30.8 Å². The Balaban J connectivity index is 1.56. The summed E-state index contributed by atoms with van der Waals surface area (Å²) >= 11 is 0. The number of halogens is 1. The number of likely N-dealkylation sites (N-methyl/N-ethyl adjacent to an activating group) is 1. The minimum Gasteiger partial charge on any atom is -0.395 e. The number of nitrogens with zero attached hydrogens (tertiary/aromatic N) is 2. The van der Waals surface area contributed by atoms with Gasteiger partial charge in [-0.1, -0.05) is 36.4 Å². The molecular weight excluding hydrogens is 327 g/mol. The van der Waals surface area contributed by atoms with Crippen molar-refractivity contribution in [3.05, 3.63) is 59.9 Å². The third kappa shape index (κ3) is 3.29. The van der Waals surface area contributed by atoms with E-state index in [9.17, 15) is 9.50 Å². The van der Waals surface area contributed by atoms with Crippen molar-refractivity contribution in [2.24, 2.45) is 0 Å². The highest BCUT2D eigenvalue weighted by molar-refractivity contribution is 5.63. The van der Waals surface area contributed by atoms with Crippen molar-refractivity contribution in [1.82, 2.24) is 9.80 Å². The molecule has 0 bridgehead atoms. The van der Waals surface area contributed by atoms with E-state index in [-0.39, 0.29) is 18.5 Å². The minimum absolute atomic E-state index is 0.209. The molecule has 4 rings (SSSR count). The van der Waals surface area contributed by atoms with Crippen molar-refractivity contribution in [1.29, 1.82) is 0 Å². The van der Waals surface area contributed by atoms with Gasteiger partial charge in [-0.15, -0.1) is 0 Å². The summed E-state index contributed by atoms with van der Waals surface area (Å²) in [6.07, 6.45) is 2.43. The normalized spacial score (nSPS) is 27.3. The van der Waals surface area contributed by atoms with Crippen molar-refractivity contribution >= 4 is 0 Å². The quantitative estimate of drug-likeness (QED) is 0.916. The molecule has 1 N–H and O–H groups in total. The van der Waals surface area contributed by atoms with Crippen LogP contribution in [-0.4, -0.2) is 60.3 Å². The average molecular weight is 354 g/mol. The Labute approximate surface area is 155 Å². The molecule has 0 saturated carbocycles. The summed E-state index contributed by atoms with van der Waals surface area (Å²) in [5, 5.41) is 9.95. The molecule has 0 amide bonds. The molecular formula is C22H27FN2O. The molecule has 2 heterocycles. The Morgan fingerprint density at radius 2 is 1.58 bits per heavy atom. The second-order valence-electron chi connectivity index (χ2n) is 7.68. The van der Waals surface area contributed by atoms with Crippen LogP contribution in [0.25, 0.3) is 11.1 Å². The van der Waals surface area contributed by atoms with Crippen molar-refractivity contribution in [3.63, 3.8) is 0 Å². The third-order valence-corrected chi connectivity index (χ3v) is 6.05. The number of benzene rings is 2. The van der Waals surface area contributed by atoms with Crippen LogP contribution in [0.5, 0.6) is 0 Å². The largest absolute Gasteiger partial charge is 0.395 e. The predicted octanol–water partition coefficient (Wildman–Crippen LogP) is 3.35. The van der Waals surface area contributed by atoms with Gasteiger partial charge in [-0.3, -0.25) is 4.90 Å². The Kier molecular flexibility index (Phi) is 5.07. The van der Waals surface area contributed by atoms with Crippen molar-refractivity contribution in [2.45, 2.75) is 30.8 Å². The molecule has 2 aliphatic heterocycles. The number of aliphatic hydroxyl groups is 1. The maximum atomic E-state index is 13.1. The fourth-order valence-corrected chi connectivity index (χ4v) is 4.65. The van der Waals surface area contributed by atoms with Crippen LogP contribution >= 0.6 is 0 Å². The van der Waals surface area contributed by atoms with Crippen LogP contribution in [-0.2, 0) is 0 Å². The molecule has 0 aliphatic carbocycles. The van der Waals surface area contributed by atoms with Gasteiger partial charge in [0.05, 0.1) is 6.61 Å². The highest BCUT2D eigenvalue weighted by Crippen LogP contribution is 2.42. The molecule has 0 aromatic heterocycles. The first-order chi connectivity index (χ1) is 12.7. The third-order valence-electron chi connectivity index (χ3n) is 6.05. The van der Waals surface area contributed by atoms with Crippen LogP contribution in [0.3, 0.4) is 0 Å². The second-order valence-corrected chi connectivity index (χ2v) is 7.68. The van der Waals surface area contributed by atoms with Gasteiger partial charge in [0.15, 0.2) is 0 Å². The molecule has 0 spiro atoms. The molecule has 138 valence electrons. The van der Waals surface area contributed by atoms with Gasteiger partial charge < -0.3 is 10.0 Å². The second kappa shape index (κ2) is 7.47. The van der Waals surface area contributed by atoms with Crippen LogP contribution in [0.4, 0.5) is 4.39 Å². The molecule has 26 heavy (non-hydrogen) atoms. The summed E-state index contributed by atoms with van der Waals surface area (Å²) in [6, 6.07) is 15.9. The molecule has 2 aromatic rings. The maximum absolute atomic E-state index is 13.1. The van der Waals surface area contributed by atoms with Gasteiger partial charge in [-0.2, -0.15) is 0 Å². The highest BCUT2D eigenvalue weighted by Gasteiger charge is 2.48. The highest BCUT2D eigenvalue weighted by atomic mass is 19.1. The zero-order chi connectivity index (χ0) is 18.1. The van der Waals surface area contributed by atoms with E-state index < -0.39 is 0 Å². The summed E-state index contributed by atoms with van der Waals surface area (Å²) in [6.45, 7) is 3.52. The molecule has 2 aliphatic rings. The van der Waals surface area contributed by atoms with E-state index in [1.54, 1.807) is 0 Å². The van der Waals surface area contributed by atoms with Gasteiger partial charge >= 0.3 is 0 Å². The van der Waals surface area contributed by atoms with E-state index in [1.165, 1.54) is 30.5 Å². The molecule has 2 fully saturated rings. The fraction of sp³-hybridized carbons (Fsp3) is 0.455. The molecule has 3 nitrogen and oxygen atoms in total. The monoisotopic (exact) mass is 354 g/mol. The topological polar surface area (TPSA) is 26.7 Å². The smallest absolute Gasteiger partial charge is 0.123 e. The number of hydrogen-bond acceptors (Lipinski definition) is 3. The first-order valence-corrected chi connectivity index (χ1v) is 9.58. The molecule has 2 saturated heterocycles. The predicted molar refractivity (Wildman–Crippen MR) is 103 cm³/mol. The zero-order valence-electron chi connectivity index (χ0n) is 15.3. The van der Waals surface area contributed by atoms with Gasteiger partial charge in [0.25, 0.3) is 0 Å². The number of hydrogen-bond donors (Lipinski definition) is 1. The molecule has 0 radical (unpaired) electrons. The number of aliphatic hydroxyl groups excluding tert-OH is 1. The van der Waals surface area contributed by atoms with Crippen molar-refractivity contribution in [3.8, 4) is 11.1 Å². The maximum Gasteiger partial charge on any atom is 0.123 e. The Morgan fingerprint density at radius 1 is 0.962 bits per heavy atom. The van der Waals surface area contributed by atoms with Gasteiger partial charge in [0, 0.05) is 24.5 Å². The zero-order valence-corrected chi connectivity index (χ0v) is 15.3. The lowest BCUT2D eigenvalue weighted by Crippen LogP contribution is -2.67. The number of rotatable bonds is 3. The van der Waals surface area contributed by atoms with E-state index in [2.05, 4.69) is 41.1 Å². The molecule has 3 atom stereocenters. The summed E-state index contributed by atoms with van der Waals surface area (Å²) in [7, 11) is 2.20. The Bertz CT molecular complexity index is 731. The molecule has 4 heteroatoms. The van der Waals surface area contributed by atoms with E-state index in [4.69, 9.17) is 0 Å². The number of fused-ring (bicyclic) bond motifs is 1. The molecule has 2 aromatic carbocycles. The summed E-state index contributed by atoms with van der Waals surface area (Å²) in [4.78, 5) is 4.92. The first kappa shape index (κ1) is 17.7. The van der Waals surface area contributed by atoms with Gasteiger partial charge in [-0.25, -0.2) is 4.39 Å².